The minimum absolute atomic E-state index is 0.222. The van der Waals surface area contributed by atoms with Crippen molar-refractivity contribution in [2.45, 2.75) is 18.6 Å². The molecule has 1 aliphatic heterocycles. The van der Waals surface area contributed by atoms with Crippen LogP contribution in [0.3, 0.4) is 0 Å². The van der Waals surface area contributed by atoms with Gasteiger partial charge in [-0.15, -0.1) is 0 Å². The van der Waals surface area contributed by atoms with Crippen LogP contribution in [0.25, 0.3) is 0 Å². The summed E-state index contributed by atoms with van der Waals surface area (Å²) in [5, 5.41) is 10.3. The van der Waals surface area contributed by atoms with Gasteiger partial charge >= 0.3 is 5.97 Å². The van der Waals surface area contributed by atoms with E-state index in [2.05, 4.69) is 22.5 Å². The van der Waals surface area contributed by atoms with E-state index in [1.165, 1.54) is 0 Å². The van der Waals surface area contributed by atoms with E-state index in [1.807, 2.05) is 29.1 Å². The highest BCUT2D eigenvalue weighted by Crippen LogP contribution is 2.44. The van der Waals surface area contributed by atoms with E-state index >= 15 is 0 Å². The van der Waals surface area contributed by atoms with Gasteiger partial charge in [-0.1, -0.05) is 40.7 Å². The lowest BCUT2D eigenvalue weighted by atomic mass is 10.3. The topological polar surface area (TPSA) is 50.2 Å². The van der Waals surface area contributed by atoms with Gasteiger partial charge in [0.2, 0.25) is 0 Å². The molecule has 0 aromatic carbocycles. The molecule has 1 N–H and O–H groups in total. The zero-order chi connectivity index (χ0) is 11.8. The molecule has 1 unspecified atom stereocenters. The summed E-state index contributed by atoms with van der Waals surface area (Å²) < 4.78 is 0. The largest absolute Gasteiger partial charge is 0.481 e. The molecule has 0 radical (unpaired) electrons. The van der Waals surface area contributed by atoms with E-state index in [1.54, 1.807) is 17.7 Å². The number of nitrogens with zero attached hydrogens (tertiary/aromatic N) is 1. The first-order chi connectivity index (χ1) is 7.74. The number of aromatic nitrogens is 1. The Morgan fingerprint density at radius 3 is 2.75 bits per heavy atom. The number of rotatable bonds is 2. The maximum Gasteiger partial charge on any atom is 0.303 e. The first-order valence-electron chi connectivity index (χ1n) is 4.85. The molecular formula is C11H13NO2S2. The van der Waals surface area contributed by atoms with Crippen molar-refractivity contribution >= 4 is 27.6 Å². The first kappa shape index (κ1) is 13.1. The molecule has 3 nitrogen and oxygen atoms in total. The van der Waals surface area contributed by atoms with Gasteiger partial charge in [0.05, 0.1) is 10.9 Å². The zero-order valence-corrected chi connectivity index (χ0v) is 10.5. The van der Waals surface area contributed by atoms with Crippen LogP contribution in [0.5, 0.6) is 0 Å². The highest BCUT2D eigenvalue weighted by Gasteiger charge is 2.13. The quantitative estimate of drug-likeness (QED) is 0.819. The number of carbonyl (C=O) groups is 1. The second-order valence-electron chi connectivity index (χ2n) is 2.94. The standard InChI is InChI=1S/C8H7NS2.C3H6O2/c1-2-5-9-7(3-1)8-4-6-10-11-8;1-2-3(4)5/h1-6,8H;2H2,1H3,(H,4,5). The van der Waals surface area contributed by atoms with Gasteiger partial charge in [-0.2, -0.15) is 0 Å². The molecule has 1 aromatic heterocycles. The zero-order valence-electron chi connectivity index (χ0n) is 8.87. The van der Waals surface area contributed by atoms with Gasteiger partial charge in [0.1, 0.15) is 0 Å². The molecule has 1 aliphatic rings. The van der Waals surface area contributed by atoms with Gasteiger partial charge in [-0.25, -0.2) is 0 Å². The van der Waals surface area contributed by atoms with E-state index < -0.39 is 5.97 Å². The van der Waals surface area contributed by atoms with Crippen LogP contribution < -0.4 is 0 Å². The van der Waals surface area contributed by atoms with Crippen molar-refractivity contribution in [2.75, 3.05) is 0 Å². The van der Waals surface area contributed by atoms with Crippen LogP contribution in [0.2, 0.25) is 0 Å². The highest BCUT2D eigenvalue weighted by molar-refractivity contribution is 8.78. The van der Waals surface area contributed by atoms with E-state index in [0.717, 1.165) is 5.69 Å². The molecule has 0 aliphatic carbocycles. The summed E-state index contributed by atoms with van der Waals surface area (Å²) >= 11 is 0. The van der Waals surface area contributed by atoms with E-state index in [-0.39, 0.29) is 6.42 Å². The molecule has 0 bridgehead atoms. The first-order valence-corrected chi connectivity index (χ1v) is 7.13. The summed E-state index contributed by atoms with van der Waals surface area (Å²) in [5.74, 6) is -0.745. The predicted molar refractivity (Wildman–Crippen MR) is 69.2 cm³/mol. The van der Waals surface area contributed by atoms with Gasteiger partial charge < -0.3 is 5.11 Å². The minimum Gasteiger partial charge on any atom is -0.481 e. The third kappa shape index (κ3) is 4.72. The molecule has 0 fully saturated rings. The summed E-state index contributed by atoms with van der Waals surface area (Å²) in [4.78, 5) is 13.6. The Hall–Kier alpha value is -0.940. The fourth-order valence-electron chi connectivity index (χ4n) is 0.920. The molecular weight excluding hydrogens is 242 g/mol. The Kier molecular flexibility index (Phi) is 6.03. The Bertz CT molecular complexity index is 354. The van der Waals surface area contributed by atoms with E-state index in [9.17, 15) is 4.79 Å². The molecule has 16 heavy (non-hydrogen) atoms. The fourth-order valence-corrected chi connectivity index (χ4v) is 3.04. The van der Waals surface area contributed by atoms with Gasteiger partial charge in [0.25, 0.3) is 0 Å². The number of aliphatic carboxylic acids is 1. The smallest absolute Gasteiger partial charge is 0.303 e. The lowest BCUT2D eigenvalue weighted by Gasteiger charge is -2.02. The average Bonchev–Trinajstić information content (AvgIpc) is 2.84. The molecule has 2 heterocycles. The second-order valence-corrected chi connectivity index (χ2v) is 5.26. The summed E-state index contributed by atoms with van der Waals surface area (Å²) in [6.45, 7) is 1.60. The molecule has 0 spiro atoms. The van der Waals surface area contributed by atoms with Gasteiger partial charge in [0.15, 0.2) is 0 Å². The van der Waals surface area contributed by atoms with Gasteiger partial charge in [-0.3, -0.25) is 9.78 Å². The lowest BCUT2D eigenvalue weighted by molar-refractivity contribution is -0.136. The number of carboxylic acids is 1. The normalized spacial score (nSPS) is 17.7. The Morgan fingerprint density at radius 2 is 2.31 bits per heavy atom. The van der Waals surface area contributed by atoms with Crippen LogP contribution in [0, 0.1) is 0 Å². The summed E-state index contributed by atoms with van der Waals surface area (Å²) in [6, 6.07) is 6.04. The number of hydrogen-bond donors (Lipinski definition) is 1. The number of hydrogen-bond acceptors (Lipinski definition) is 4. The number of carboxylic acid groups (broad SMARTS) is 1. The van der Waals surface area contributed by atoms with Crippen LogP contribution >= 0.6 is 21.6 Å². The van der Waals surface area contributed by atoms with Crippen molar-refractivity contribution < 1.29 is 9.90 Å². The molecule has 86 valence electrons. The van der Waals surface area contributed by atoms with Crippen molar-refractivity contribution in [1.82, 2.24) is 4.98 Å². The molecule has 0 amide bonds. The fraction of sp³-hybridized carbons (Fsp3) is 0.273. The predicted octanol–water partition coefficient (Wildman–Crippen LogP) is 3.51. The monoisotopic (exact) mass is 255 g/mol. The van der Waals surface area contributed by atoms with Crippen LogP contribution in [0.15, 0.2) is 35.9 Å². The van der Waals surface area contributed by atoms with E-state index in [4.69, 9.17) is 5.11 Å². The average molecular weight is 255 g/mol. The SMILES string of the molecule is C1=CC(c2ccccn2)SS1.CCC(=O)O. The van der Waals surface area contributed by atoms with Crippen molar-refractivity contribution in [3.8, 4) is 0 Å². The molecule has 1 atom stereocenters. The molecule has 0 saturated heterocycles. The second kappa shape index (κ2) is 7.35. The maximum atomic E-state index is 9.37. The Balaban J connectivity index is 0.000000221. The van der Waals surface area contributed by atoms with Crippen LogP contribution in [-0.2, 0) is 4.79 Å². The van der Waals surface area contributed by atoms with Crippen molar-refractivity contribution in [2.24, 2.45) is 0 Å². The van der Waals surface area contributed by atoms with E-state index in [0.29, 0.717) is 5.25 Å². The summed E-state index contributed by atoms with van der Waals surface area (Å²) in [7, 11) is 3.61. The van der Waals surface area contributed by atoms with Gasteiger partial charge in [0, 0.05) is 12.6 Å². The Labute approximate surface area is 103 Å². The van der Waals surface area contributed by atoms with Crippen molar-refractivity contribution in [3.63, 3.8) is 0 Å². The minimum atomic E-state index is -0.745. The van der Waals surface area contributed by atoms with Crippen LogP contribution in [-0.4, -0.2) is 16.1 Å². The van der Waals surface area contributed by atoms with Crippen LogP contribution in [0.4, 0.5) is 0 Å². The molecule has 2 rings (SSSR count). The molecule has 0 saturated carbocycles. The van der Waals surface area contributed by atoms with Crippen LogP contribution in [0.1, 0.15) is 24.3 Å². The third-order valence-corrected chi connectivity index (χ3v) is 4.02. The summed E-state index contributed by atoms with van der Waals surface area (Å²) in [6.07, 6.45) is 4.24. The summed E-state index contributed by atoms with van der Waals surface area (Å²) in [5.41, 5.74) is 1.15. The van der Waals surface area contributed by atoms with Crippen molar-refractivity contribution in [3.05, 3.63) is 41.6 Å². The molecule has 1 aromatic rings. The maximum absolute atomic E-state index is 9.37. The Morgan fingerprint density at radius 1 is 1.56 bits per heavy atom. The third-order valence-electron chi connectivity index (χ3n) is 1.75. The highest BCUT2D eigenvalue weighted by atomic mass is 33.1. The lowest BCUT2D eigenvalue weighted by Crippen LogP contribution is -1.88. The van der Waals surface area contributed by atoms with Gasteiger partial charge in [-0.05, 0) is 17.5 Å². The number of pyridine rings is 1. The van der Waals surface area contributed by atoms with Crippen molar-refractivity contribution in [1.29, 1.82) is 0 Å². The molecule has 5 heteroatoms.